The third-order valence-electron chi connectivity index (χ3n) is 5.64. The van der Waals surface area contributed by atoms with Gasteiger partial charge in [0.2, 0.25) is 0 Å². The summed E-state index contributed by atoms with van der Waals surface area (Å²) in [6, 6.07) is 36.8. The van der Waals surface area contributed by atoms with E-state index in [2.05, 4.69) is 115 Å². The van der Waals surface area contributed by atoms with Crippen LogP contribution in [-0.4, -0.2) is 0 Å². The van der Waals surface area contributed by atoms with Crippen molar-refractivity contribution in [3.05, 3.63) is 114 Å². The molecular formula is C28H23N. The molecule has 5 aromatic carbocycles. The van der Waals surface area contributed by atoms with Gasteiger partial charge in [0.1, 0.15) is 0 Å². The van der Waals surface area contributed by atoms with Crippen molar-refractivity contribution in [3.8, 4) is 11.1 Å². The van der Waals surface area contributed by atoms with Gasteiger partial charge in [-0.25, -0.2) is 0 Å². The largest absolute Gasteiger partial charge is 0.380 e. The normalized spacial score (nSPS) is 11.1. The van der Waals surface area contributed by atoms with Gasteiger partial charge in [0, 0.05) is 17.8 Å². The summed E-state index contributed by atoms with van der Waals surface area (Å²) in [5.41, 5.74) is 6.35. The fourth-order valence-electron chi connectivity index (χ4n) is 4.19. The summed E-state index contributed by atoms with van der Waals surface area (Å²) in [6.45, 7) is 3.01. The SMILES string of the molecule is Cc1ccc2ccccc2c1-c1c(NCc2ccccc2)ccc2ccccc12. The van der Waals surface area contributed by atoms with E-state index in [1.807, 2.05) is 0 Å². The molecule has 29 heavy (non-hydrogen) atoms. The Kier molecular flexibility index (Phi) is 4.50. The maximum atomic E-state index is 3.71. The Labute approximate surface area is 171 Å². The number of aryl methyl sites for hydroxylation is 1. The molecule has 0 atom stereocenters. The molecule has 140 valence electrons. The summed E-state index contributed by atoms with van der Waals surface area (Å²) in [7, 11) is 0. The summed E-state index contributed by atoms with van der Waals surface area (Å²) in [5.74, 6) is 0. The van der Waals surface area contributed by atoms with Crippen molar-refractivity contribution in [2.24, 2.45) is 0 Å². The maximum Gasteiger partial charge on any atom is 0.0429 e. The fraction of sp³-hybridized carbons (Fsp3) is 0.0714. The first-order valence-electron chi connectivity index (χ1n) is 10.1. The van der Waals surface area contributed by atoms with Gasteiger partial charge in [-0.1, -0.05) is 97.1 Å². The number of anilines is 1. The molecule has 0 aliphatic rings. The van der Waals surface area contributed by atoms with Crippen LogP contribution < -0.4 is 5.32 Å². The fourth-order valence-corrected chi connectivity index (χ4v) is 4.19. The van der Waals surface area contributed by atoms with E-state index in [9.17, 15) is 0 Å². The predicted molar refractivity (Wildman–Crippen MR) is 125 cm³/mol. The van der Waals surface area contributed by atoms with E-state index in [-0.39, 0.29) is 0 Å². The van der Waals surface area contributed by atoms with Crippen molar-refractivity contribution < 1.29 is 0 Å². The minimum Gasteiger partial charge on any atom is -0.380 e. The monoisotopic (exact) mass is 373 g/mol. The predicted octanol–water partition coefficient (Wildman–Crippen LogP) is 7.58. The molecule has 0 amide bonds. The van der Waals surface area contributed by atoms with Crippen LogP contribution in [0.25, 0.3) is 32.7 Å². The lowest BCUT2D eigenvalue weighted by molar-refractivity contribution is 1.15. The Balaban J connectivity index is 1.75. The van der Waals surface area contributed by atoms with Crippen molar-refractivity contribution in [2.75, 3.05) is 5.32 Å². The van der Waals surface area contributed by atoms with Gasteiger partial charge in [0.05, 0.1) is 0 Å². The number of rotatable bonds is 4. The number of benzene rings is 5. The van der Waals surface area contributed by atoms with E-state index in [0.29, 0.717) is 0 Å². The summed E-state index contributed by atoms with van der Waals surface area (Å²) < 4.78 is 0. The summed E-state index contributed by atoms with van der Waals surface area (Å²) in [5, 5.41) is 8.83. The standard InChI is InChI=1S/C28H23N/c1-20-15-16-22-11-5-7-13-24(22)27(20)28-25-14-8-6-12-23(25)17-18-26(28)29-19-21-9-3-2-4-10-21/h2-18,29H,19H2,1H3. The zero-order valence-electron chi connectivity index (χ0n) is 16.5. The number of nitrogens with one attached hydrogen (secondary N) is 1. The highest BCUT2D eigenvalue weighted by Gasteiger charge is 2.15. The highest BCUT2D eigenvalue weighted by atomic mass is 14.9. The van der Waals surface area contributed by atoms with E-state index in [4.69, 9.17) is 0 Å². The Bertz CT molecular complexity index is 1300. The number of hydrogen-bond acceptors (Lipinski definition) is 1. The second-order valence-corrected chi connectivity index (χ2v) is 7.53. The smallest absolute Gasteiger partial charge is 0.0429 e. The van der Waals surface area contributed by atoms with Crippen LogP contribution in [0.1, 0.15) is 11.1 Å². The van der Waals surface area contributed by atoms with E-state index in [1.165, 1.54) is 49.5 Å². The van der Waals surface area contributed by atoms with E-state index < -0.39 is 0 Å². The van der Waals surface area contributed by atoms with Crippen molar-refractivity contribution >= 4 is 27.2 Å². The van der Waals surface area contributed by atoms with Gasteiger partial charge in [-0.15, -0.1) is 0 Å². The minimum absolute atomic E-state index is 0.802. The molecule has 0 fully saturated rings. The van der Waals surface area contributed by atoms with Crippen LogP contribution in [0, 0.1) is 6.92 Å². The van der Waals surface area contributed by atoms with Gasteiger partial charge in [-0.05, 0) is 51.2 Å². The van der Waals surface area contributed by atoms with Gasteiger partial charge in [-0.3, -0.25) is 0 Å². The van der Waals surface area contributed by atoms with Gasteiger partial charge in [0.15, 0.2) is 0 Å². The van der Waals surface area contributed by atoms with E-state index in [0.717, 1.165) is 6.54 Å². The average molecular weight is 373 g/mol. The molecule has 0 spiro atoms. The molecule has 0 aromatic heterocycles. The van der Waals surface area contributed by atoms with Crippen molar-refractivity contribution in [3.63, 3.8) is 0 Å². The lowest BCUT2D eigenvalue weighted by Crippen LogP contribution is -2.02. The molecule has 5 aromatic rings. The topological polar surface area (TPSA) is 12.0 Å². The first-order chi connectivity index (χ1) is 14.3. The van der Waals surface area contributed by atoms with Crippen LogP contribution in [0.5, 0.6) is 0 Å². The molecule has 0 bridgehead atoms. The van der Waals surface area contributed by atoms with Gasteiger partial charge >= 0.3 is 0 Å². The third kappa shape index (κ3) is 3.25. The minimum atomic E-state index is 0.802. The Morgan fingerprint density at radius 2 is 1.14 bits per heavy atom. The van der Waals surface area contributed by atoms with Crippen LogP contribution >= 0.6 is 0 Å². The maximum absolute atomic E-state index is 3.71. The first kappa shape index (κ1) is 17.5. The van der Waals surface area contributed by atoms with Crippen LogP contribution in [0.15, 0.2) is 103 Å². The Hall–Kier alpha value is -3.58. The van der Waals surface area contributed by atoms with E-state index >= 15 is 0 Å². The van der Waals surface area contributed by atoms with Crippen LogP contribution in [-0.2, 0) is 6.54 Å². The lowest BCUT2D eigenvalue weighted by Gasteiger charge is -2.19. The molecular weight excluding hydrogens is 350 g/mol. The van der Waals surface area contributed by atoms with Gasteiger partial charge < -0.3 is 5.32 Å². The molecule has 1 heteroatoms. The van der Waals surface area contributed by atoms with Gasteiger partial charge in [0.25, 0.3) is 0 Å². The molecule has 0 unspecified atom stereocenters. The molecule has 5 rings (SSSR count). The summed E-state index contributed by atoms with van der Waals surface area (Å²) >= 11 is 0. The Morgan fingerprint density at radius 3 is 1.86 bits per heavy atom. The molecule has 1 N–H and O–H groups in total. The summed E-state index contributed by atoms with van der Waals surface area (Å²) in [6.07, 6.45) is 0. The second-order valence-electron chi connectivity index (χ2n) is 7.53. The third-order valence-corrected chi connectivity index (χ3v) is 5.64. The van der Waals surface area contributed by atoms with Crippen LogP contribution in [0.3, 0.4) is 0 Å². The van der Waals surface area contributed by atoms with Crippen molar-refractivity contribution in [2.45, 2.75) is 13.5 Å². The first-order valence-corrected chi connectivity index (χ1v) is 10.1. The quantitative estimate of drug-likeness (QED) is 0.342. The molecule has 0 saturated heterocycles. The lowest BCUT2D eigenvalue weighted by atomic mass is 9.89. The molecule has 0 heterocycles. The molecule has 0 radical (unpaired) electrons. The highest BCUT2D eigenvalue weighted by molar-refractivity contribution is 6.10. The summed E-state index contributed by atoms with van der Waals surface area (Å²) in [4.78, 5) is 0. The Morgan fingerprint density at radius 1 is 0.552 bits per heavy atom. The van der Waals surface area contributed by atoms with Gasteiger partial charge in [-0.2, -0.15) is 0 Å². The molecule has 1 nitrogen and oxygen atoms in total. The van der Waals surface area contributed by atoms with Crippen LogP contribution in [0.4, 0.5) is 5.69 Å². The van der Waals surface area contributed by atoms with Crippen molar-refractivity contribution in [1.82, 2.24) is 0 Å². The zero-order chi connectivity index (χ0) is 19.6. The zero-order valence-corrected chi connectivity index (χ0v) is 16.5. The molecule has 0 aliphatic heterocycles. The van der Waals surface area contributed by atoms with Crippen molar-refractivity contribution in [1.29, 1.82) is 0 Å². The highest BCUT2D eigenvalue weighted by Crippen LogP contribution is 2.41. The molecule has 0 saturated carbocycles. The molecule has 0 aliphatic carbocycles. The number of hydrogen-bond donors (Lipinski definition) is 1. The second kappa shape index (κ2) is 7.44. The van der Waals surface area contributed by atoms with Crippen LogP contribution in [0.2, 0.25) is 0 Å². The van der Waals surface area contributed by atoms with E-state index in [1.54, 1.807) is 0 Å². The number of fused-ring (bicyclic) bond motifs is 2. The average Bonchev–Trinajstić information content (AvgIpc) is 2.78.